The van der Waals surface area contributed by atoms with Crippen LogP contribution in [0.1, 0.15) is 68.2 Å². The highest BCUT2D eigenvalue weighted by atomic mass is 32.1. The summed E-state index contributed by atoms with van der Waals surface area (Å²) in [6.07, 6.45) is 0. The van der Waals surface area contributed by atoms with Crippen LogP contribution in [0.3, 0.4) is 0 Å². The van der Waals surface area contributed by atoms with Crippen LogP contribution in [0, 0.1) is 0 Å². The van der Waals surface area contributed by atoms with Crippen molar-refractivity contribution in [2.24, 2.45) is 0 Å². The number of rotatable bonds is 3. The van der Waals surface area contributed by atoms with E-state index >= 15 is 0 Å². The molecule has 4 bridgehead atoms. The number of Topliss-reactive ketones (excluding diaryl/α,β-unsaturated/α-hetero) is 4. The van der Waals surface area contributed by atoms with Gasteiger partial charge in [-0.1, -0.05) is 72.8 Å². The fourth-order valence-electron chi connectivity index (χ4n) is 8.18. The van der Waals surface area contributed by atoms with E-state index < -0.39 is 23.7 Å². The first-order chi connectivity index (χ1) is 22.5. The van der Waals surface area contributed by atoms with Gasteiger partial charge in [-0.2, -0.15) is 0 Å². The van der Waals surface area contributed by atoms with E-state index in [1.54, 1.807) is 22.7 Å². The Labute approximate surface area is 272 Å². The molecule has 0 amide bonds. The van der Waals surface area contributed by atoms with Gasteiger partial charge < -0.3 is 0 Å². The van der Waals surface area contributed by atoms with Crippen molar-refractivity contribution < 1.29 is 19.2 Å². The lowest BCUT2D eigenvalue weighted by Crippen LogP contribution is -2.40. The van der Waals surface area contributed by atoms with Crippen LogP contribution in [0.5, 0.6) is 0 Å². The summed E-state index contributed by atoms with van der Waals surface area (Å²) in [6, 6.07) is 36.6. The lowest BCUT2D eigenvalue weighted by atomic mass is 9.62. The Morgan fingerprint density at radius 3 is 1.00 bits per heavy atom. The summed E-state index contributed by atoms with van der Waals surface area (Å²) < 4.78 is 0. The zero-order valence-corrected chi connectivity index (χ0v) is 25.8. The SMILES string of the molecule is O=C1C(=O)C2c3ccccc3C1c1ccc(-c3ccc(-c4ccc(-c5ccc6c(c5)C5C(=O)C(=O)C6c6ccccc65)s4)s3)cc12. The quantitative estimate of drug-likeness (QED) is 0.185. The third kappa shape index (κ3) is 3.38. The lowest BCUT2D eigenvalue weighted by molar-refractivity contribution is -0.138. The molecule has 0 saturated heterocycles. The molecule has 2 heterocycles. The van der Waals surface area contributed by atoms with Crippen molar-refractivity contribution in [2.75, 3.05) is 0 Å². The molecule has 6 heteroatoms. The zero-order valence-electron chi connectivity index (χ0n) is 24.2. The molecule has 6 aromatic rings. The predicted octanol–water partition coefficient (Wildman–Crippen LogP) is 8.27. The molecule has 4 nitrogen and oxygen atoms in total. The first kappa shape index (κ1) is 26.2. The van der Waals surface area contributed by atoms with Crippen LogP contribution in [0.25, 0.3) is 30.6 Å². The normalized spacial score (nSPS) is 21.7. The van der Waals surface area contributed by atoms with Crippen molar-refractivity contribution in [1.82, 2.24) is 0 Å². The van der Waals surface area contributed by atoms with Gasteiger partial charge in [0, 0.05) is 19.5 Å². The number of hydrogen-bond donors (Lipinski definition) is 0. The molecule has 4 unspecified atom stereocenters. The molecule has 218 valence electrons. The van der Waals surface area contributed by atoms with Crippen molar-refractivity contribution in [1.29, 1.82) is 0 Å². The second-order valence-electron chi connectivity index (χ2n) is 12.5. The maximum atomic E-state index is 13.1. The third-order valence-corrected chi connectivity index (χ3v) is 12.7. The summed E-state index contributed by atoms with van der Waals surface area (Å²) in [6.45, 7) is 0. The van der Waals surface area contributed by atoms with E-state index in [1.165, 1.54) is 0 Å². The number of benzene rings is 4. The molecule has 12 rings (SSSR count). The zero-order chi connectivity index (χ0) is 30.8. The standard InChI is InChI=1S/C40H22O4S2/c41-37-33-21-5-1-3-7-23(21)35(39(37)43)27-17-19(9-11-25(27)33)29-13-15-31(45-29)32-16-14-30(46-32)20-10-12-26-28(18-20)36-24-8-4-2-6-22(24)34(26)38(42)40(36)44/h1-18,33-36H. The molecule has 46 heavy (non-hydrogen) atoms. The Morgan fingerprint density at radius 1 is 0.326 bits per heavy atom. The lowest BCUT2D eigenvalue weighted by Gasteiger charge is -2.38. The number of fused-ring (bicyclic) bond motifs is 2. The van der Waals surface area contributed by atoms with Gasteiger partial charge in [0.25, 0.3) is 0 Å². The van der Waals surface area contributed by atoms with E-state index in [4.69, 9.17) is 0 Å². The summed E-state index contributed by atoms with van der Waals surface area (Å²) in [7, 11) is 0. The number of thiophene rings is 2. The summed E-state index contributed by atoms with van der Waals surface area (Å²) in [5.41, 5.74) is 9.70. The Kier molecular flexibility index (Phi) is 5.27. The highest BCUT2D eigenvalue weighted by molar-refractivity contribution is 7.25. The summed E-state index contributed by atoms with van der Waals surface area (Å²) in [5.74, 6) is -3.28. The molecule has 0 fully saturated rings. The summed E-state index contributed by atoms with van der Waals surface area (Å²) >= 11 is 3.41. The van der Waals surface area contributed by atoms with Gasteiger partial charge in [-0.25, -0.2) is 0 Å². The Hall–Kier alpha value is -5.04. The van der Waals surface area contributed by atoms with E-state index in [0.717, 1.165) is 75.1 Å². The van der Waals surface area contributed by atoms with Crippen LogP contribution in [0.2, 0.25) is 0 Å². The molecule has 0 aliphatic heterocycles. The predicted molar refractivity (Wildman–Crippen MR) is 179 cm³/mol. The van der Waals surface area contributed by atoms with E-state index in [2.05, 4.69) is 48.5 Å². The van der Waals surface area contributed by atoms with Crippen LogP contribution in [-0.2, 0) is 19.2 Å². The molecule has 0 spiro atoms. The van der Waals surface area contributed by atoms with E-state index in [-0.39, 0.29) is 23.1 Å². The molecule has 4 atom stereocenters. The molecule has 4 aromatic carbocycles. The average molecular weight is 631 g/mol. The Bertz CT molecular complexity index is 2220. The average Bonchev–Trinajstić information content (AvgIpc) is 3.78. The van der Waals surface area contributed by atoms with Gasteiger partial charge >= 0.3 is 0 Å². The van der Waals surface area contributed by atoms with E-state index in [9.17, 15) is 19.2 Å². The van der Waals surface area contributed by atoms with Crippen molar-refractivity contribution in [3.05, 3.63) is 154 Å². The number of carbonyl (C=O) groups excluding carboxylic acids is 4. The van der Waals surface area contributed by atoms with Crippen LogP contribution in [0.15, 0.2) is 109 Å². The van der Waals surface area contributed by atoms with E-state index in [1.807, 2.05) is 60.7 Å². The van der Waals surface area contributed by atoms with Gasteiger partial charge in [-0.3, -0.25) is 19.2 Å². The molecule has 2 aromatic heterocycles. The van der Waals surface area contributed by atoms with Crippen molar-refractivity contribution in [3.63, 3.8) is 0 Å². The van der Waals surface area contributed by atoms with Crippen molar-refractivity contribution >= 4 is 45.8 Å². The van der Waals surface area contributed by atoms with Crippen molar-refractivity contribution in [3.8, 4) is 30.6 Å². The van der Waals surface area contributed by atoms with Gasteiger partial charge in [0.15, 0.2) is 0 Å². The molecule has 0 radical (unpaired) electrons. The molecule has 0 saturated carbocycles. The Balaban J connectivity index is 0.978. The fraction of sp³-hybridized carbons (Fsp3) is 0.100. The van der Waals surface area contributed by atoms with Gasteiger partial charge in [0.1, 0.15) is 0 Å². The number of carbonyl (C=O) groups is 4. The monoisotopic (exact) mass is 630 g/mol. The molecular weight excluding hydrogens is 609 g/mol. The summed E-state index contributed by atoms with van der Waals surface area (Å²) in [4.78, 5) is 56.6. The minimum Gasteiger partial charge on any atom is -0.290 e. The number of ketones is 4. The van der Waals surface area contributed by atoms with Crippen LogP contribution in [-0.4, -0.2) is 23.1 Å². The second kappa shape index (κ2) is 9.25. The largest absolute Gasteiger partial charge is 0.290 e. The minimum absolute atomic E-state index is 0.299. The first-order valence-electron chi connectivity index (χ1n) is 15.3. The minimum atomic E-state index is -0.531. The maximum absolute atomic E-state index is 13.1. The first-order valence-corrected chi connectivity index (χ1v) is 16.9. The third-order valence-electron chi connectivity index (χ3n) is 10.2. The second-order valence-corrected chi connectivity index (χ2v) is 14.6. The van der Waals surface area contributed by atoms with Crippen LogP contribution >= 0.6 is 22.7 Å². The van der Waals surface area contributed by atoms with E-state index in [0.29, 0.717) is 0 Å². The number of hydrogen-bond acceptors (Lipinski definition) is 6. The summed E-state index contributed by atoms with van der Waals surface area (Å²) in [5, 5.41) is 0. The fourth-order valence-corrected chi connectivity index (χ4v) is 10.3. The highest BCUT2D eigenvalue weighted by Crippen LogP contribution is 2.52. The van der Waals surface area contributed by atoms with Gasteiger partial charge in [0.05, 0.1) is 23.7 Å². The van der Waals surface area contributed by atoms with Crippen LogP contribution in [0.4, 0.5) is 0 Å². The molecular formula is C40H22O4S2. The topological polar surface area (TPSA) is 68.3 Å². The van der Waals surface area contributed by atoms with Gasteiger partial charge in [-0.15, -0.1) is 22.7 Å². The maximum Gasteiger partial charge on any atom is 0.211 e. The Morgan fingerprint density at radius 2 is 0.630 bits per heavy atom. The smallest absolute Gasteiger partial charge is 0.211 e. The van der Waals surface area contributed by atoms with Crippen molar-refractivity contribution in [2.45, 2.75) is 23.7 Å². The molecule has 0 N–H and O–H groups in total. The van der Waals surface area contributed by atoms with Gasteiger partial charge in [0.2, 0.25) is 23.1 Å². The molecule has 6 aliphatic rings. The van der Waals surface area contributed by atoms with Crippen LogP contribution < -0.4 is 0 Å². The molecule has 6 aliphatic carbocycles. The highest BCUT2D eigenvalue weighted by Gasteiger charge is 2.49. The van der Waals surface area contributed by atoms with Gasteiger partial charge in [-0.05, 0) is 92.0 Å².